The Morgan fingerprint density at radius 1 is 1.38 bits per heavy atom. The van der Waals surface area contributed by atoms with Gasteiger partial charge in [-0.1, -0.05) is 25.4 Å². The molecule has 0 aromatic heterocycles. The Kier molecular flexibility index (Phi) is 5.42. The van der Waals surface area contributed by atoms with Gasteiger partial charge in [-0.3, -0.25) is 4.99 Å². The summed E-state index contributed by atoms with van der Waals surface area (Å²) < 4.78 is 13.5. The van der Waals surface area contributed by atoms with Gasteiger partial charge >= 0.3 is 0 Å². The molecule has 0 saturated heterocycles. The molecule has 0 saturated carbocycles. The molecule has 0 aliphatic carbocycles. The van der Waals surface area contributed by atoms with Crippen LogP contribution in [-0.2, 0) is 0 Å². The Morgan fingerprint density at radius 2 is 2.10 bits per heavy atom. The highest BCUT2D eigenvalue weighted by molar-refractivity contribution is 6.30. The predicted molar refractivity (Wildman–Crippen MR) is 85.1 cm³/mol. The molecular formula is C15H22ClFN4. The van der Waals surface area contributed by atoms with Gasteiger partial charge in [0.15, 0.2) is 5.96 Å². The zero-order valence-electron chi connectivity index (χ0n) is 12.5. The second kappa shape index (κ2) is 7.09. The number of hydrogen-bond acceptors (Lipinski definition) is 4. The van der Waals surface area contributed by atoms with Crippen LogP contribution in [0.15, 0.2) is 23.2 Å². The molecule has 6 heteroatoms. The summed E-state index contributed by atoms with van der Waals surface area (Å²) in [6.07, 6.45) is 0. The number of likely N-dealkylation sites (N-methyl/N-ethyl adjacent to an activating group) is 1. The van der Waals surface area contributed by atoms with Gasteiger partial charge in [0, 0.05) is 18.1 Å². The number of nitrogens with zero attached hydrogens (tertiary/aromatic N) is 3. The molecule has 0 fully saturated rings. The molecule has 0 bridgehead atoms. The first-order valence-electron chi connectivity index (χ1n) is 7.30. The molecule has 1 unspecified atom stereocenters. The second-order valence-corrected chi connectivity index (χ2v) is 5.57. The average molecular weight is 313 g/mol. The third-order valence-electron chi connectivity index (χ3n) is 3.92. The van der Waals surface area contributed by atoms with Crippen molar-refractivity contribution < 1.29 is 4.39 Å². The Labute approximate surface area is 130 Å². The maximum Gasteiger partial charge on any atom is 0.191 e. The van der Waals surface area contributed by atoms with Crippen molar-refractivity contribution in [3.63, 3.8) is 0 Å². The summed E-state index contributed by atoms with van der Waals surface area (Å²) in [5.74, 6) is 0.194. The van der Waals surface area contributed by atoms with Crippen LogP contribution in [0.4, 0.5) is 4.39 Å². The van der Waals surface area contributed by atoms with E-state index in [4.69, 9.17) is 17.3 Å². The van der Waals surface area contributed by atoms with E-state index in [-0.39, 0.29) is 11.9 Å². The Bertz CT molecular complexity index is 496. The van der Waals surface area contributed by atoms with E-state index in [1.165, 1.54) is 12.1 Å². The number of benzene rings is 1. The van der Waals surface area contributed by atoms with E-state index in [1.807, 2.05) is 4.90 Å². The molecule has 0 spiro atoms. The lowest BCUT2D eigenvalue weighted by atomic mass is 10.1. The molecular weight excluding hydrogens is 291 g/mol. The Hall–Kier alpha value is -1.33. The van der Waals surface area contributed by atoms with Crippen molar-refractivity contribution in [2.75, 3.05) is 32.7 Å². The van der Waals surface area contributed by atoms with E-state index in [2.05, 4.69) is 23.7 Å². The van der Waals surface area contributed by atoms with E-state index in [0.29, 0.717) is 17.5 Å². The zero-order valence-corrected chi connectivity index (χ0v) is 13.3. The van der Waals surface area contributed by atoms with Crippen LogP contribution in [0.2, 0.25) is 5.02 Å². The van der Waals surface area contributed by atoms with Crippen molar-refractivity contribution >= 4 is 17.6 Å². The topological polar surface area (TPSA) is 44.9 Å². The largest absolute Gasteiger partial charge is 0.370 e. The van der Waals surface area contributed by atoms with Gasteiger partial charge in [-0.15, -0.1) is 0 Å². The van der Waals surface area contributed by atoms with Gasteiger partial charge in [0.05, 0.1) is 12.6 Å². The number of halogens is 2. The SMILES string of the molecule is CCN(CC)CCN1C(N)=NCC1c1cc(F)cc(Cl)c1. The molecule has 2 rings (SSSR count). The summed E-state index contributed by atoms with van der Waals surface area (Å²) in [4.78, 5) is 8.65. The van der Waals surface area contributed by atoms with Crippen LogP contribution < -0.4 is 5.73 Å². The molecule has 1 aliphatic heterocycles. The molecule has 0 amide bonds. The van der Waals surface area contributed by atoms with Crippen LogP contribution in [0.25, 0.3) is 0 Å². The van der Waals surface area contributed by atoms with E-state index < -0.39 is 0 Å². The quantitative estimate of drug-likeness (QED) is 0.878. The summed E-state index contributed by atoms with van der Waals surface area (Å²) >= 11 is 5.95. The van der Waals surface area contributed by atoms with Gasteiger partial charge in [0.25, 0.3) is 0 Å². The van der Waals surface area contributed by atoms with Crippen molar-refractivity contribution in [1.29, 1.82) is 0 Å². The summed E-state index contributed by atoms with van der Waals surface area (Å²) in [5.41, 5.74) is 6.81. The number of guanidine groups is 1. The number of nitrogens with two attached hydrogens (primary N) is 1. The van der Waals surface area contributed by atoms with Crippen molar-refractivity contribution in [3.05, 3.63) is 34.6 Å². The Morgan fingerprint density at radius 3 is 2.71 bits per heavy atom. The van der Waals surface area contributed by atoms with Gasteiger partial charge in [-0.25, -0.2) is 4.39 Å². The molecule has 4 nitrogen and oxygen atoms in total. The van der Waals surface area contributed by atoms with Crippen LogP contribution in [0.3, 0.4) is 0 Å². The van der Waals surface area contributed by atoms with Crippen LogP contribution in [-0.4, -0.2) is 48.5 Å². The maximum atomic E-state index is 13.5. The van der Waals surface area contributed by atoms with Gasteiger partial charge in [-0.05, 0) is 36.9 Å². The fourth-order valence-electron chi connectivity index (χ4n) is 2.64. The molecule has 1 atom stereocenters. The minimum Gasteiger partial charge on any atom is -0.370 e. The summed E-state index contributed by atoms with van der Waals surface area (Å²) in [6, 6.07) is 4.57. The van der Waals surface area contributed by atoms with E-state index in [0.717, 1.165) is 31.7 Å². The van der Waals surface area contributed by atoms with Crippen LogP contribution >= 0.6 is 11.6 Å². The summed E-state index contributed by atoms with van der Waals surface area (Å²) in [5, 5.41) is 0.402. The van der Waals surface area contributed by atoms with Gasteiger partial charge in [0.1, 0.15) is 5.82 Å². The molecule has 0 radical (unpaired) electrons. The second-order valence-electron chi connectivity index (χ2n) is 5.14. The van der Waals surface area contributed by atoms with Crippen LogP contribution in [0.5, 0.6) is 0 Å². The van der Waals surface area contributed by atoms with Gasteiger partial charge < -0.3 is 15.5 Å². The highest BCUT2D eigenvalue weighted by Crippen LogP contribution is 2.28. The molecule has 21 heavy (non-hydrogen) atoms. The molecule has 2 N–H and O–H groups in total. The maximum absolute atomic E-state index is 13.5. The van der Waals surface area contributed by atoms with Crippen LogP contribution in [0.1, 0.15) is 25.5 Å². The van der Waals surface area contributed by atoms with Crippen LogP contribution in [0, 0.1) is 5.82 Å². The van der Waals surface area contributed by atoms with Crippen molar-refractivity contribution in [1.82, 2.24) is 9.80 Å². The first kappa shape index (κ1) is 16.0. The lowest BCUT2D eigenvalue weighted by Crippen LogP contribution is -2.41. The standard InChI is InChI=1S/C15H22ClFN4/c1-3-20(4-2)5-6-21-14(10-19-15(21)18)11-7-12(16)9-13(17)8-11/h7-9,14H,3-6,10H2,1-2H3,(H2,18,19). The number of aliphatic imine (C=N–C) groups is 1. The first-order valence-corrected chi connectivity index (χ1v) is 7.67. The van der Waals surface area contributed by atoms with E-state index >= 15 is 0 Å². The minimum atomic E-state index is -0.327. The van der Waals surface area contributed by atoms with Gasteiger partial charge in [-0.2, -0.15) is 0 Å². The normalized spacial score (nSPS) is 18.4. The molecule has 1 aliphatic rings. The third-order valence-corrected chi connectivity index (χ3v) is 4.14. The molecule has 1 aromatic carbocycles. The highest BCUT2D eigenvalue weighted by Gasteiger charge is 2.28. The third kappa shape index (κ3) is 3.86. The zero-order chi connectivity index (χ0) is 15.4. The smallest absolute Gasteiger partial charge is 0.191 e. The predicted octanol–water partition coefficient (Wildman–Crippen LogP) is 2.49. The fourth-order valence-corrected chi connectivity index (χ4v) is 2.87. The number of hydrogen-bond donors (Lipinski definition) is 1. The lowest BCUT2D eigenvalue weighted by Gasteiger charge is -2.29. The minimum absolute atomic E-state index is 0.0336. The molecule has 1 heterocycles. The number of rotatable bonds is 6. The molecule has 1 aromatic rings. The highest BCUT2D eigenvalue weighted by atomic mass is 35.5. The van der Waals surface area contributed by atoms with Crippen molar-refractivity contribution in [3.8, 4) is 0 Å². The summed E-state index contributed by atoms with van der Waals surface area (Å²) in [6.45, 7) is 8.49. The van der Waals surface area contributed by atoms with Crippen molar-refractivity contribution in [2.24, 2.45) is 10.7 Å². The van der Waals surface area contributed by atoms with Gasteiger partial charge in [0.2, 0.25) is 0 Å². The Balaban J connectivity index is 2.12. The van der Waals surface area contributed by atoms with Crippen molar-refractivity contribution in [2.45, 2.75) is 19.9 Å². The monoisotopic (exact) mass is 312 g/mol. The summed E-state index contributed by atoms with van der Waals surface area (Å²) in [7, 11) is 0. The fraction of sp³-hybridized carbons (Fsp3) is 0.533. The van der Waals surface area contributed by atoms with E-state index in [9.17, 15) is 4.39 Å². The average Bonchev–Trinajstić information content (AvgIpc) is 2.80. The first-order chi connectivity index (χ1) is 10.0. The molecule has 116 valence electrons. The lowest BCUT2D eigenvalue weighted by molar-refractivity contribution is 0.248. The van der Waals surface area contributed by atoms with E-state index in [1.54, 1.807) is 6.07 Å².